The Labute approximate surface area is 206 Å². The van der Waals surface area contributed by atoms with E-state index in [1.807, 2.05) is 6.92 Å². The number of amides is 1. The molecule has 9 nitrogen and oxygen atoms in total. The van der Waals surface area contributed by atoms with Crippen molar-refractivity contribution in [3.05, 3.63) is 63.4 Å². The minimum absolute atomic E-state index is 0.0484. The van der Waals surface area contributed by atoms with E-state index in [9.17, 15) is 24.8 Å². The Bertz CT molecular complexity index is 1010. The van der Waals surface area contributed by atoms with Gasteiger partial charge >= 0.3 is 5.97 Å². The maximum Gasteiger partial charge on any atom is 0.355 e. The van der Waals surface area contributed by atoms with Crippen LogP contribution in [0.25, 0.3) is 0 Å². The van der Waals surface area contributed by atoms with Crippen LogP contribution in [0.3, 0.4) is 0 Å². The summed E-state index contributed by atoms with van der Waals surface area (Å²) in [4.78, 5) is 38.1. The number of rotatable bonds is 12. The lowest BCUT2D eigenvalue weighted by Gasteiger charge is -2.48. The van der Waals surface area contributed by atoms with Gasteiger partial charge in [-0.2, -0.15) is 0 Å². The molecule has 1 fully saturated rings. The second kappa shape index (κ2) is 11.3. The van der Waals surface area contributed by atoms with E-state index in [0.717, 1.165) is 18.1 Å². The number of carbonyl (C=O) groups excluding carboxylic acids is 2. The molecule has 0 spiro atoms. The number of benzene rings is 1. The fraction of sp³-hybridized carbons (Fsp3) is 0.520. The van der Waals surface area contributed by atoms with Crippen LogP contribution in [-0.4, -0.2) is 53.9 Å². The average Bonchev–Trinajstić information content (AvgIpc) is 3.19. The lowest BCUT2D eigenvalue weighted by Crippen LogP contribution is -2.63. The molecule has 2 aliphatic rings. The van der Waals surface area contributed by atoms with E-state index in [2.05, 4.69) is 20.8 Å². The molecule has 1 N–H and O–H groups in total. The van der Waals surface area contributed by atoms with Crippen LogP contribution < -0.4 is 0 Å². The first-order valence-electron chi connectivity index (χ1n) is 12.1. The van der Waals surface area contributed by atoms with Gasteiger partial charge in [-0.25, -0.2) is 4.79 Å². The number of nitrogens with zero attached hydrogens (tertiary/aromatic N) is 2. The van der Waals surface area contributed by atoms with Crippen molar-refractivity contribution in [3.63, 3.8) is 0 Å². The molecule has 1 saturated heterocycles. The summed E-state index contributed by atoms with van der Waals surface area (Å²) in [5, 5.41) is 20.1. The molecule has 10 heteroatoms. The third-order valence-corrected chi connectivity index (χ3v) is 12.0. The summed E-state index contributed by atoms with van der Waals surface area (Å²) >= 11 is 0. The van der Waals surface area contributed by atoms with E-state index in [1.165, 1.54) is 35.2 Å². The van der Waals surface area contributed by atoms with Crippen LogP contribution in [0.1, 0.15) is 39.7 Å². The van der Waals surface area contributed by atoms with Crippen LogP contribution >= 0.6 is 0 Å². The Morgan fingerprint density at radius 2 is 1.89 bits per heavy atom. The molecule has 2 aliphatic heterocycles. The number of fused-ring (bicyclic) bond motifs is 1. The molecule has 3 unspecified atom stereocenters. The smallest absolute Gasteiger partial charge is 0.355 e. The molecule has 0 aliphatic carbocycles. The number of ether oxygens (including phenoxy) is 1. The number of nitro benzene ring substituents is 1. The number of allylic oxidation sites excluding steroid dienone is 1. The SMILES string of the molecule is CC[Si](CC)(CC)OC(C)C1C(=O)N2C(C(=O)OCc3ccc([N+](=O)[O-])cc3)=C(/C=C/CO)CC12. The number of nitro groups is 1. The number of carbonyl (C=O) groups is 2. The Morgan fingerprint density at radius 1 is 1.26 bits per heavy atom. The zero-order chi connectivity index (χ0) is 25.8. The second-order valence-electron chi connectivity index (χ2n) is 9.03. The minimum Gasteiger partial charge on any atom is -0.456 e. The first-order valence-corrected chi connectivity index (χ1v) is 14.7. The predicted molar refractivity (Wildman–Crippen MR) is 133 cm³/mol. The van der Waals surface area contributed by atoms with E-state index < -0.39 is 19.2 Å². The number of hydrogen-bond donors (Lipinski definition) is 1. The molecular formula is C25H34N2O7Si. The van der Waals surface area contributed by atoms with Gasteiger partial charge in [-0.1, -0.05) is 32.9 Å². The summed E-state index contributed by atoms with van der Waals surface area (Å²) in [7, 11) is -1.90. The minimum atomic E-state index is -1.90. The third-order valence-electron chi connectivity index (χ3n) is 7.25. The lowest BCUT2D eigenvalue weighted by atomic mass is 9.83. The highest BCUT2D eigenvalue weighted by molar-refractivity contribution is 6.73. The van der Waals surface area contributed by atoms with Crippen LogP contribution in [-0.2, 0) is 25.4 Å². The van der Waals surface area contributed by atoms with Gasteiger partial charge in [0.05, 0.1) is 29.6 Å². The van der Waals surface area contributed by atoms with Gasteiger partial charge in [0.15, 0.2) is 8.32 Å². The van der Waals surface area contributed by atoms with Gasteiger partial charge < -0.3 is 19.2 Å². The van der Waals surface area contributed by atoms with E-state index in [-0.39, 0.29) is 48.6 Å². The molecule has 2 heterocycles. The Kier molecular flexibility index (Phi) is 8.63. The highest BCUT2D eigenvalue weighted by Gasteiger charge is 2.57. The van der Waals surface area contributed by atoms with E-state index in [1.54, 1.807) is 6.08 Å². The fourth-order valence-corrected chi connectivity index (χ4v) is 7.96. The first-order chi connectivity index (χ1) is 16.7. The fourth-order valence-electron chi connectivity index (χ4n) is 5.02. The van der Waals surface area contributed by atoms with Gasteiger partial charge in [0.1, 0.15) is 12.3 Å². The number of hydrogen-bond acceptors (Lipinski definition) is 7. The van der Waals surface area contributed by atoms with Crippen LogP contribution in [0.4, 0.5) is 5.69 Å². The molecule has 0 radical (unpaired) electrons. The Morgan fingerprint density at radius 3 is 2.43 bits per heavy atom. The van der Waals surface area contributed by atoms with Crippen molar-refractivity contribution >= 4 is 25.9 Å². The quantitative estimate of drug-likeness (QED) is 0.150. The number of non-ortho nitro benzene ring substituents is 1. The molecule has 0 bridgehead atoms. The highest BCUT2D eigenvalue weighted by Crippen LogP contribution is 2.45. The van der Waals surface area contributed by atoms with Gasteiger partial charge in [0.2, 0.25) is 5.91 Å². The second-order valence-corrected chi connectivity index (χ2v) is 13.8. The summed E-state index contributed by atoms with van der Waals surface area (Å²) in [5.41, 5.74) is 1.39. The number of aliphatic hydroxyl groups excluding tert-OH is 1. The summed E-state index contributed by atoms with van der Waals surface area (Å²) in [5.74, 6) is -1.12. The van der Waals surface area contributed by atoms with E-state index in [4.69, 9.17) is 9.16 Å². The predicted octanol–water partition coefficient (Wildman–Crippen LogP) is 4.08. The molecule has 0 saturated carbocycles. The van der Waals surface area contributed by atoms with Crippen molar-refractivity contribution in [1.29, 1.82) is 0 Å². The van der Waals surface area contributed by atoms with Gasteiger partial charge in [0, 0.05) is 12.1 Å². The molecule has 35 heavy (non-hydrogen) atoms. The summed E-state index contributed by atoms with van der Waals surface area (Å²) < 4.78 is 12.0. The van der Waals surface area contributed by atoms with Crippen molar-refractivity contribution in [2.75, 3.05) is 6.61 Å². The zero-order valence-corrected chi connectivity index (χ0v) is 21.7. The monoisotopic (exact) mass is 502 g/mol. The number of aliphatic hydroxyl groups is 1. The molecule has 1 aromatic rings. The molecule has 1 aromatic carbocycles. The molecular weight excluding hydrogens is 468 g/mol. The normalized spacial score (nSPS) is 20.7. The number of esters is 1. The van der Waals surface area contributed by atoms with Gasteiger partial charge in [-0.05, 0) is 54.7 Å². The topological polar surface area (TPSA) is 119 Å². The van der Waals surface area contributed by atoms with Crippen molar-refractivity contribution < 1.29 is 28.8 Å². The summed E-state index contributed by atoms with van der Waals surface area (Å²) in [6.07, 6.45) is 3.45. The van der Waals surface area contributed by atoms with Gasteiger partial charge in [-0.3, -0.25) is 14.9 Å². The van der Waals surface area contributed by atoms with Crippen LogP contribution in [0.15, 0.2) is 47.7 Å². The lowest BCUT2D eigenvalue weighted by molar-refractivity contribution is -0.384. The summed E-state index contributed by atoms with van der Waals surface area (Å²) in [6, 6.07) is 8.53. The standard InChI is InChI=1S/C25H34N2O7Si/c1-5-35(6-2,7-3)34-17(4)22-21-15-19(9-8-14-28)23(26(21)24(22)29)25(30)33-16-18-10-12-20(13-11-18)27(31)32/h8-13,17,21-22,28H,5-7,14-16H2,1-4H3/b9-8+. The van der Waals surface area contributed by atoms with Crippen LogP contribution in [0.2, 0.25) is 18.1 Å². The average molecular weight is 503 g/mol. The molecule has 190 valence electrons. The van der Waals surface area contributed by atoms with Crippen molar-refractivity contribution in [1.82, 2.24) is 4.90 Å². The van der Waals surface area contributed by atoms with Gasteiger partial charge in [-0.15, -0.1) is 0 Å². The molecule has 0 aromatic heterocycles. The highest BCUT2D eigenvalue weighted by atomic mass is 28.4. The first kappa shape index (κ1) is 26.8. The third kappa shape index (κ3) is 5.39. The van der Waals surface area contributed by atoms with Crippen molar-refractivity contribution in [3.8, 4) is 0 Å². The van der Waals surface area contributed by atoms with Crippen LogP contribution in [0, 0.1) is 16.0 Å². The zero-order valence-electron chi connectivity index (χ0n) is 20.7. The van der Waals surface area contributed by atoms with E-state index in [0.29, 0.717) is 17.6 Å². The van der Waals surface area contributed by atoms with Crippen molar-refractivity contribution in [2.45, 2.75) is 71.0 Å². The molecule has 1 amide bonds. The van der Waals surface area contributed by atoms with Crippen LogP contribution in [0.5, 0.6) is 0 Å². The van der Waals surface area contributed by atoms with Crippen molar-refractivity contribution in [2.24, 2.45) is 5.92 Å². The maximum absolute atomic E-state index is 13.2. The molecule has 3 rings (SSSR count). The summed E-state index contributed by atoms with van der Waals surface area (Å²) in [6.45, 7) is 8.13. The Hall–Kier alpha value is -2.82. The largest absolute Gasteiger partial charge is 0.456 e. The molecule has 3 atom stereocenters. The number of β-lactam (4-membered cyclic amide) rings is 1. The Balaban J connectivity index is 1.74. The maximum atomic E-state index is 13.2. The van der Waals surface area contributed by atoms with E-state index >= 15 is 0 Å². The van der Waals surface area contributed by atoms with Gasteiger partial charge in [0.25, 0.3) is 5.69 Å².